The number of amides is 2. The van der Waals surface area contributed by atoms with E-state index >= 15 is 0 Å². The molecular formula is C36H34N10O22S7. The Morgan fingerprint density at radius 1 is 0.507 bits per heavy atom. The van der Waals surface area contributed by atoms with Gasteiger partial charge in [-0.3, -0.25) is 22.8 Å². The molecule has 0 saturated heterocycles. The Balaban J connectivity index is 1.38. The van der Waals surface area contributed by atoms with E-state index in [4.69, 9.17) is 14.8 Å². The third-order valence-electron chi connectivity index (χ3n) is 9.32. The third kappa shape index (κ3) is 16.0. The Morgan fingerprint density at radius 2 is 1.00 bits per heavy atom. The normalized spacial score (nSPS) is 12.9. The van der Waals surface area contributed by atoms with E-state index in [1.807, 2.05) is 0 Å². The first kappa shape index (κ1) is 57.3. The van der Waals surface area contributed by atoms with Crippen LogP contribution >= 0.6 is 0 Å². The number of anilines is 7. The van der Waals surface area contributed by atoms with Crippen LogP contribution in [0.25, 0.3) is 10.8 Å². The topological polar surface area (TPSA) is 513 Å². The number of aromatic nitrogens is 3. The van der Waals surface area contributed by atoms with Crippen molar-refractivity contribution in [2.75, 3.05) is 46.0 Å². The van der Waals surface area contributed by atoms with Crippen LogP contribution < -0.4 is 27.0 Å². The number of primary amides is 1. The minimum absolute atomic E-state index is 0.00491. The molecule has 0 unspecified atom stereocenters. The molecule has 0 bridgehead atoms. The van der Waals surface area contributed by atoms with E-state index in [2.05, 4.69) is 54.8 Å². The molecule has 0 aliphatic rings. The summed E-state index contributed by atoms with van der Waals surface area (Å²) < 4.78 is 224. The second-order valence-electron chi connectivity index (χ2n) is 14.7. The van der Waals surface area contributed by atoms with E-state index in [-0.39, 0.29) is 56.1 Å². The molecule has 6 aromatic rings. The van der Waals surface area contributed by atoms with Gasteiger partial charge < -0.3 is 27.0 Å². The summed E-state index contributed by atoms with van der Waals surface area (Å²) in [6, 6.07) is 14.3. The number of urea groups is 1. The number of azo groups is 1. The van der Waals surface area contributed by atoms with Crippen LogP contribution in [0.1, 0.15) is 0 Å². The standard InChI is InChI=1S/C36H34N10O22S7/c37-33(47)41-29-17-23(6-9-28(29)45-46-30-19-27-20(15-32(30)73(58,59)60)14-26(71(52,53)54)18-31(27)72(55,56)57)40-36-43-34(38-21-4-7-24(8-5-21)69(48,49)12-10-67-74(61,62)63)42-35(44-36)39-22-2-1-3-25(16-22)70(50,51)13-11-68-75(64,65)66/h1-9,14-19H,10-13H2,(H3,37,41,47)(H,52,53,54)(H,55,56,57)(H,58,59,60)(H,61,62,63)(H,64,65,66)(H3,38,39,40,42,43,44). The fourth-order valence-corrected chi connectivity index (χ4v) is 11.2. The lowest BCUT2D eigenvalue weighted by Crippen LogP contribution is -2.19. The van der Waals surface area contributed by atoms with Crippen LogP contribution in [-0.4, -0.2) is 127 Å². The average molecular weight is 1180 g/mol. The zero-order chi connectivity index (χ0) is 55.5. The molecule has 39 heteroatoms. The Labute approximate surface area is 424 Å². The van der Waals surface area contributed by atoms with E-state index in [0.29, 0.717) is 24.3 Å². The quantitative estimate of drug-likeness (QED) is 0.0345. The fourth-order valence-electron chi connectivity index (χ4n) is 6.19. The van der Waals surface area contributed by atoms with Crippen LogP contribution in [0.3, 0.4) is 0 Å². The highest BCUT2D eigenvalue weighted by molar-refractivity contribution is 7.92. The van der Waals surface area contributed by atoms with Crippen molar-refractivity contribution < 1.29 is 94.8 Å². The van der Waals surface area contributed by atoms with Gasteiger partial charge in [-0.05, 0) is 90.3 Å². The summed E-state index contributed by atoms with van der Waals surface area (Å²) in [5.41, 5.74) is 4.15. The van der Waals surface area contributed by atoms with E-state index in [1.165, 1.54) is 30.3 Å². The number of hydrogen-bond donors (Lipinski definition) is 10. The Kier molecular flexibility index (Phi) is 16.6. The molecule has 5 aromatic carbocycles. The monoisotopic (exact) mass is 1180 g/mol. The van der Waals surface area contributed by atoms with Crippen molar-refractivity contribution in [2.24, 2.45) is 16.0 Å². The predicted molar refractivity (Wildman–Crippen MR) is 259 cm³/mol. The van der Waals surface area contributed by atoms with Crippen LogP contribution in [0.2, 0.25) is 0 Å². The zero-order valence-corrected chi connectivity index (χ0v) is 42.6. The number of nitrogens with one attached hydrogen (secondary N) is 4. The van der Waals surface area contributed by atoms with Crippen LogP contribution in [0.4, 0.5) is 56.8 Å². The Morgan fingerprint density at radius 3 is 1.51 bits per heavy atom. The van der Waals surface area contributed by atoms with Crippen molar-refractivity contribution in [3.05, 3.63) is 91.0 Å². The number of sulfone groups is 2. The molecule has 0 spiro atoms. The molecular weight excluding hydrogens is 1150 g/mol. The second kappa shape index (κ2) is 21.7. The van der Waals surface area contributed by atoms with Gasteiger partial charge in [0.05, 0.1) is 45.1 Å². The maximum absolute atomic E-state index is 13.0. The number of nitrogens with two attached hydrogens (primary N) is 1. The molecule has 0 fully saturated rings. The summed E-state index contributed by atoms with van der Waals surface area (Å²) in [5, 5.41) is 17.2. The third-order valence-corrected chi connectivity index (χ3v) is 16.2. The predicted octanol–water partition coefficient (Wildman–Crippen LogP) is 3.09. The molecule has 1 aromatic heterocycles. The zero-order valence-electron chi connectivity index (χ0n) is 36.8. The molecule has 0 atom stereocenters. The van der Waals surface area contributed by atoms with Gasteiger partial charge >= 0.3 is 26.8 Å². The molecule has 0 aliphatic carbocycles. The van der Waals surface area contributed by atoms with E-state index in [9.17, 15) is 77.4 Å². The highest BCUT2D eigenvalue weighted by Crippen LogP contribution is 2.38. The highest BCUT2D eigenvalue weighted by atomic mass is 32.3. The molecule has 75 heavy (non-hydrogen) atoms. The van der Waals surface area contributed by atoms with E-state index < -0.39 is 133 Å². The number of carbonyl (C=O) groups is 1. The minimum atomic E-state index is -5.30. The summed E-state index contributed by atoms with van der Waals surface area (Å²) >= 11 is 0. The Hall–Kier alpha value is -6.99. The summed E-state index contributed by atoms with van der Waals surface area (Å²) in [7, 11) is -34.0. The SMILES string of the molecule is NC(=O)Nc1cc(Nc2nc(Nc3ccc(S(=O)(=O)CCOS(=O)(=O)O)cc3)nc(Nc3cccc(S(=O)(=O)CCOS(=O)(=O)O)c3)n2)ccc1N=Nc1cc2c(S(=O)(=O)O)cc(S(=O)(=O)O)cc2cc1S(=O)(=O)O. The molecule has 0 saturated carbocycles. The smallest absolute Gasteiger partial charge is 0.351 e. The Bertz CT molecular complexity index is 4110. The van der Waals surface area contributed by atoms with Crippen molar-refractivity contribution in [1.29, 1.82) is 0 Å². The van der Waals surface area contributed by atoms with E-state index in [0.717, 1.165) is 36.4 Å². The first-order valence-corrected chi connectivity index (χ1v) is 30.0. The van der Waals surface area contributed by atoms with Gasteiger partial charge in [-0.1, -0.05) is 6.07 Å². The highest BCUT2D eigenvalue weighted by Gasteiger charge is 2.26. The molecule has 11 N–H and O–H groups in total. The van der Waals surface area contributed by atoms with Gasteiger partial charge in [0.15, 0.2) is 19.7 Å². The molecule has 0 aliphatic heterocycles. The number of benzene rings is 5. The van der Waals surface area contributed by atoms with Crippen LogP contribution in [0.15, 0.2) is 126 Å². The lowest BCUT2D eigenvalue weighted by atomic mass is 10.1. The van der Waals surface area contributed by atoms with Crippen molar-refractivity contribution in [3.63, 3.8) is 0 Å². The number of hydrogen-bond acceptors (Lipinski definition) is 25. The van der Waals surface area contributed by atoms with Gasteiger partial charge in [-0.2, -0.15) is 57.0 Å². The number of nitrogens with zero attached hydrogens (tertiary/aromatic N) is 5. The largest absolute Gasteiger partial charge is 0.397 e. The van der Waals surface area contributed by atoms with Gasteiger partial charge in [0.25, 0.3) is 30.4 Å². The molecule has 6 rings (SSSR count). The summed E-state index contributed by atoms with van der Waals surface area (Å²) in [6.45, 7) is -1.84. The molecule has 2 amide bonds. The number of carbonyl (C=O) groups excluding carboxylic acids is 1. The van der Waals surface area contributed by atoms with Crippen LogP contribution in [-0.2, 0) is 79.2 Å². The minimum Gasteiger partial charge on any atom is -0.351 e. The first-order chi connectivity index (χ1) is 34.5. The van der Waals surface area contributed by atoms with E-state index in [1.54, 1.807) is 0 Å². The maximum Gasteiger partial charge on any atom is 0.397 e. The van der Waals surface area contributed by atoms with Gasteiger partial charge in [-0.25, -0.2) is 30.0 Å². The lowest BCUT2D eigenvalue weighted by Gasteiger charge is -2.14. The fraction of sp³-hybridized carbons (Fsp3) is 0.111. The summed E-state index contributed by atoms with van der Waals surface area (Å²) in [6.07, 6.45) is 0. The summed E-state index contributed by atoms with van der Waals surface area (Å²) in [5.74, 6) is -2.68. The second-order valence-corrected chi connectivity index (χ2v) is 25.3. The van der Waals surface area contributed by atoms with Crippen LogP contribution in [0.5, 0.6) is 0 Å². The van der Waals surface area contributed by atoms with Crippen molar-refractivity contribution in [3.8, 4) is 0 Å². The number of fused-ring (bicyclic) bond motifs is 1. The van der Waals surface area contributed by atoms with Gasteiger partial charge in [0.2, 0.25) is 17.8 Å². The van der Waals surface area contributed by atoms with Gasteiger partial charge in [0.1, 0.15) is 21.2 Å². The van der Waals surface area contributed by atoms with Crippen LogP contribution in [0, 0.1) is 0 Å². The first-order valence-electron chi connectivity index (χ1n) is 19.7. The number of rotatable bonds is 22. The molecule has 0 radical (unpaired) electrons. The maximum atomic E-state index is 13.0. The van der Waals surface area contributed by atoms with Crippen molar-refractivity contribution in [2.45, 2.75) is 24.5 Å². The lowest BCUT2D eigenvalue weighted by molar-refractivity contribution is 0.259. The molecule has 402 valence electrons. The van der Waals surface area contributed by atoms with Crippen molar-refractivity contribution >= 4 is 140 Å². The van der Waals surface area contributed by atoms with Crippen molar-refractivity contribution in [1.82, 2.24) is 15.0 Å². The molecule has 32 nitrogen and oxygen atoms in total. The average Bonchev–Trinajstić information content (AvgIpc) is 3.26. The summed E-state index contributed by atoms with van der Waals surface area (Å²) in [4.78, 5) is 21.0. The van der Waals surface area contributed by atoms with Gasteiger partial charge in [0, 0.05) is 22.4 Å². The molecule has 1 heterocycles. The van der Waals surface area contributed by atoms with Gasteiger partial charge in [-0.15, -0.1) is 10.2 Å².